The van der Waals surface area contributed by atoms with Gasteiger partial charge in [-0.3, -0.25) is 0 Å². The van der Waals surface area contributed by atoms with Gasteiger partial charge in [-0.1, -0.05) is 59.6 Å². The van der Waals surface area contributed by atoms with Gasteiger partial charge in [-0.05, 0) is 68.3 Å². The largest absolute Gasteiger partial charge is 0.456 e. The Morgan fingerprint density at radius 1 is 0.939 bits per heavy atom. The minimum atomic E-state index is -0.672. The van der Waals surface area contributed by atoms with Gasteiger partial charge in [-0.15, -0.1) is 0 Å². The third kappa shape index (κ3) is 7.11. The van der Waals surface area contributed by atoms with Crippen LogP contribution >= 0.6 is 23.2 Å². The highest BCUT2D eigenvalue weighted by atomic mass is 35.5. The molecule has 3 aromatic carbocycles. The first-order valence-corrected chi connectivity index (χ1v) is 11.4. The number of fused-ring (bicyclic) bond motifs is 1. The minimum absolute atomic E-state index is 0.327. The normalized spacial score (nSPS) is 13.3. The molecule has 0 aliphatic carbocycles. The van der Waals surface area contributed by atoms with Crippen LogP contribution in [0.3, 0.4) is 0 Å². The van der Waals surface area contributed by atoms with Gasteiger partial charge in [-0.2, -0.15) is 0 Å². The van der Waals surface area contributed by atoms with E-state index in [1.165, 1.54) is 0 Å². The smallest absolute Gasteiger partial charge is 0.407 e. The number of hydrogen-bond donors (Lipinski definition) is 1. The van der Waals surface area contributed by atoms with Crippen LogP contribution in [0.25, 0.3) is 10.8 Å². The van der Waals surface area contributed by atoms with Crippen molar-refractivity contribution >= 4 is 46.0 Å². The number of carbonyl (C=O) groups excluding carboxylic acids is 2. The lowest BCUT2D eigenvalue weighted by Gasteiger charge is -2.27. The number of nitrogens with one attached hydrogen (secondary N) is 1. The zero-order valence-electron chi connectivity index (χ0n) is 19.0. The second kappa shape index (κ2) is 10.4. The van der Waals surface area contributed by atoms with Crippen LogP contribution in [-0.2, 0) is 15.9 Å². The highest BCUT2D eigenvalue weighted by Crippen LogP contribution is 2.24. The first-order chi connectivity index (χ1) is 15.5. The molecule has 0 bridgehead atoms. The van der Waals surface area contributed by atoms with Crippen molar-refractivity contribution in [1.29, 1.82) is 0 Å². The predicted octanol–water partition coefficient (Wildman–Crippen LogP) is 6.83. The highest BCUT2D eigenvalue weighted by Gasteiger charge is 2.27. The molecular formula is C26H27Cl2NO4. The van der Waals surface area contributed by atoms with Gasteiger partial charge in [0.25, 0.3) is 0 Å². The average Bonchev–Trinajstić information content (AvgIpc) is 2.74. The predicted molar refractivity (Wildman–Crippen MR) is 132 cm³/mol. The van der Waals surface area contributed by atoms with E-state index in [-0.39, 0.29) is 0 Å². The van der Waals surface area contributed by atoms with E-state index in [1.54, 1.807) is 52.0 Å². The Labute approximate surface area is 204 Å². The topological polar surface area (TPSA) is 64.6 Å². The Morgan fingerprint density at radius 3 is 2.30 bits per heavy atom. The average molecular weight is 488 g/mol. The molecule has 0 spiro atoms. The number of alkyl carbamates (subject to hydrolysis) is 1. The quantitative estimate of drug-likeness (QED) is 0.387. The van der Waals surface area contributed by atoms with Gasteiger partial charge in [0, 0.05) is 6.42 Å². The molecule has 0 aromatic heterocycles. The molecule has 7 heteroatoms. The maximum atomic E-state index is 13.0. The summed E-state index contributed by atoms with van der Waals surface area (Å²) < 4.78 is 11.2. The summed E-state index contributed by atoms with van der Waals surface area (Å²) in [6.07, 6.45) is -0.933. The Morgan fingerprint density at radius 2 is 1.64 bits per heavy atom. The molecule has 0 fully saturated rings. The van der Waals surface area contributed by atoms with E-state index in [0.29, 0.717) is 22.0 Å². The summed E-state index contributed by atoms with van der Waals surface area (Å²) >= 11 is 12.2. The highest BCUT2D eigenvalue weighted by molar-refractivity contribution is 6.42. The van der Waals surface area contributed by atoms with Crippen LogP contribution in [0.2, 0.25) is 10.0 Å². The second-order valence-electron chi connectivity index (χ2n) is 8.89. The van der Waals surface area contributed by atoms with Gasteiger partial charge in [0.15, 0.2) is 0 Å². The van der Waals surface area contributed by atoms with Gasteiger partial charge < -0.3 is 14.8 Å². The third-order valence-electron chi connectivity index (χ3n) is 4.97. The molecule has 0 aliphatic rings. The van der Waals surface area contributed by atoms with Crippen molar-refractivity contribution < 1.29 is 19.1 Å². The Bertz CT molecular complexity index is 1160. The summed E-state index contributed by atoms with van der Waals surface area (Å²) in [4.78, 5) is 25.3. The van der Waals surface area contributed by atoms with Crippen LogP contribution in [0.15, 0.2) is 60.7 Å². The summed E-state index contributed by atoms with van der Waals surface area (Å²) in [5.41, 5.74) is 0.598. The van der Waals surface area contributed by atoms with E-state index in [9.17, 15) is 9.59 Å². The summed E-state index contributed by atoms with van der Waals surface area (Å²) in [5, 5.41) is 5.58. The fourth-order valence-corrected chi connectivity index (χ4v) is 3.65. The number of hydrogen-bond acceptors (Lipinski definition) is 4. The third-order valence-corrected chi connectivity index (χ3v) is 5.71. The zero-order valence-corrected chi connectivity index (χ0v) is 20.5. The number of rotatable bonds is 6. The maximum absolute atomic E-state index is 13.0. The Balaban J connectivity index is 1.81. The van der Waals surface area contributed by atoms with Crippen molar-refractivity contribution in [1.82, 2.24) is 5.32 Å². The van der Waals surface area contributed by atoms with E-state index in [2.05, 4.69) is 5.32 Å². The van der Waals surface area contributed by atoms with Crippen molar-refractivity contribution in [3.8, 4) is 0 Å². The van der Waals surface area contributed by atoms with Crippen LogP contribution in [-0.4, -0.2) is 29.8 Å². The van der Waals surface area contributed by atoms with Crippen molar-refractivity contribution in [3.63, 3.8) is 0 Å². The van der Waals surface area contributed by atoms with Crippen molar-refractivity contribution in [2.45, 2.75) is 51.9 Å². The van der Waals surface area contributed by atoms with E-state index in [0.717, 1.165) is 16.3 Å². The van der Waals surface area contributed by atoms with Crippen LogP contribution < -0.4 is 5.32 Å². The summed E-state index contributed by atoms with van der Waals surface area (Å²) in [6, 6.07) is 17.9. The van der Waals surface area contributed by atoms with Gasteiger partial charge in [0.05, 0.1) is 21.7 Å². The number of ether oxygens (including phenoxy) is 2. The first-order valence-electron chi connectivity index (χ1n) is 10.6. The SMILES string of the molecule is C[C@H](NC(=O)OC(C)(C)C)[C@@H](Cc1ccc(Cl)c(Cl)c1)OC(=O)c1ccc2ccccc2c1. The van der Waals surface area contributed by atoms with Crippen molar-refractivity contribution in [2.75, 3.05) is 0 Å². The molecule has 0 heterocycles. The molecule has 0 saturated carbocycles. The number of halogens is 2. The fourth-order valence-electron chi connectivity index (χ4n) is 3.33. The molecule has 1 amide bonds. The lowest BCUT2D eigenvalue weighted by atomic mass is 10.0. The monoisotopic (exact) mass is 487 g/mol. The number of esters is 1. The van der Waals surface area contributed by atoms with Crippen LogP contribution in [0, 0.1) is 0 Å². The molecule has 174 valence electrons. The molecule has 3 aromatic rings. The number of amides is 1. The standard InChI is InChI=1S/C26H27Cl2NO4/c1-16(29-25(31)33-26(2,3)4)23(14-17-9-12-21(27)22(28)13-17)32-24(30)20-11-10-18-7-5-6-8-19(18)15-20/h5-13,15-16,23H,14H2,1-4H3,(H,29,31)/t16-,23+/m0/s1. The van der Waals surface area contributed by atoms with Crippen LogP contribution in [0.5, 0.6) is 0 Å². The minimum Gasteiger partial charge on any atom is -0.456 e. The van der Waals surface area contributed by atoms with Gasteiger partial charge >= 0.3 is 12.1 Å². The van der Waals surface area contributed by atoms with Crippen LogP contribution in [0.1, 0.15) is 43.6 Å². The van der Waals surface area contributed by atoms with Crippen molar-refractivity contribution in [3.05, 3.63) is 81.8 Å². The molecule has 0 unspecified atom stereocenters. The van der Waals surface area contributed by atoms with E-state index < -0.39 is 29.8 Å². The molecule has 1 N–H and O–H groups in total. The molecular weight excluding hydrogens is 461 g/mol. The molecule has 3 rings (SSSR count). The maximum Gasteiger partial charge on any atom is 0.407 e. The van der Waals surface area contributed by atoms with Gasteiger partial charge in [-0.25, -0.2) is 9.59 Å². The molecule has 2 atom stereocenters. The van der Waals surface area contributed by atoms with E-state index >= 15 is 0 Å². The zero-order chi connectivity index (χ0) is 24.2. The van der Waals surface area contributed by atoms with Crippen molar-refractivity contribution in [2.24, 2.45) is 0 Å². The molecule has 0 radical (unpaired) electrons. The lowest BCUT2D eigenvalue weighted by molar-refractivity contribution is 0.0160. The van der Waals surface area contributed by atoms with Crippen LogP contribution in [0.4, 0.5) is 4.79 Å². The van der Waals surface area contributed by atoms with E-state index in [4.69, 9.17) is 32.7 Å². The first kappa shape index (κ1) is 24.9. The number of benzene rings is 3. The fraction of sp³-hybridized carbons (Fsp3) is 0.308. The Hall–Kier alpha value is -2.76. The summed E-state index contributed by atoms with van der Waals surface area (Å²) in [5.74, 6) is -0.483. The van der Waals surface area contributed by atoms with Gasteiger partial charge in [0.1, 0.15) is 11.7 Å². The van der Waals surface area contributed by atoms with Gasteiger partial charge in [0.2, 0.25) is 0 Å². The molecule has 0 saturated heterocycles. The summed E-state index contributed by atoms with van der Waals surface area (Å²) in [6.45, 7) is 7.11. The second-order valence-corrected chi connectivity index (χ2v) is 9.71. The molecule has 5 nitrogen and oxygen atoms in total. The number of carbonyl (C=O) groups is 2. The van der Waals surface area contributed by atoms with E-state index in [1.807, 2.05) is 36.4 Å². The summed E-state index contributed by atoms with van der Waals surface area (Å²) in [7, 11) is 0. The lowest BCUT2D eigenvalue weighted by Crippen LogP contribution is -2.46. The Kier molecular flexibility index (Phi) is 7.88. The molecule has 33 heavy (non-hydrogen) atoms. The molecule has 0 aliphatic heterocycles.